The predicted octanol–water partition coefficient (Wildman–Crippen LogP) is 1.89. The lowest BCUT2D eigenvalue weighted by atomic mass is 10.5. The number of hydrogen-bond donors (Lipinski definition) is 0. The van der Waals surface area contributed by atoms with Crippen molar-refractivity contribution in [1.82, 2.24) is 4.90 Å². The zero-order valence-corrected chi connectivity index (χ0v) is 7.09. The van der Waals surface area contributed by atoms with E-state index in [9.17, 15) is 0 Å². The molecular formula is C8H16N2. The molecule has 0 bridgehead atoms. The topological polar surface area (TPSA) is 15.6 Å². The molecule has 0 saturated heterocycles. The maximum atomic E-state index is 4.07. The van der Waals surface area contributed by atoms with Crippen LogP contribution in [-0.2, 0) is 0 Å². The van der Waals surface area contributed by atoms with Gasteiger partial charge in [-0.2, -0.15) is 0 Å². The van der Waals surface area contributed by atoms with Crippen LogP contribution in [0.15, 0.2) is 17.3 Å². The van der Waals surface area contributed by atoms with Gasteiger partial charge >= 0.3 is 0 Å². The summed E-state index contributed by atoms with van der Waals surface area (Å²) in [5, 5.41) is 0. The number of allylic oxidation sites excluding steroid dienone is 1. The van der Waals surface area contributed by atoms with Crippen molar-refractivity contribution in [2.24, 2.45) is 4.99 Å². The lowest BCUT2D eigenvalue weighted by molar-refractivity contribution is 0.479. The minimum absolute atomic E-state index is 0.854. The minimum atomic E-state index is 0.854. The first kappa shape index (κ1) is 9.21. The van der Waals surface area contributed by atoms with Gasteiger partial charge in [0.05, 0.1) is 6.34 Å². The molecule has 0 amide bonds. The van der Waals surface area contributed by atoms with E-state index in [-0.39, 0.29) is 0 Å². The lowest BCUT2D eigenvalue weighted by Crippen LogP contribution is -2.20. The van der Waals surface area contributed by atoms with Gasteiger partial charge in [-0.25, -0.2) is 4.99 Å². The number of hydrogen-bond acceptors (Lipinski definition) is 1. The molecular weight excluding hydrogens is 124 g/mol. The van der Waals surface area contributed by atoms with Crippen molar-refractivity contribution in [3.63, 3.8) is 0 Å². The van der Waals surface area contributed by atoms with Crippen LogP contribution in [0.2, 0.25) is 0 Å². The van der Waals surface area contributed by atoms with Crippen LogP contribution in [0.5, 0.6) is 0 Å². The quantitative estimate of drug-likeness (QED) is 0.430. The highest BCUT2D eigenvalue weighted by Crippen LogP contribution is 1.88. The molecule has 0 aromatic rings. The summed E-state index contributed by atoms with van der Waals surface area (Å²) in [6, 6.07) is 0. The molecule has 0 heterocycles. The van der Waals surface area contributed by atoms with Gasteiger partial charge in [-0.1, -0.05) is 6.58 Å². The summed E-state index contributed by atoms with van der Waals surface area (Å²) in [5.74, 6) is 0. The molecule has 0 spiro atoms. The second-order valence-corrected chi connectivity index (χ2v) is 2.20. The maximum absolute atomic E-state index is 4.07. The first-order chi connectivity index (χ1) is 4.70. The summed E-state index contributed by atoms with van der Waals surface area (Å²) < 4.78 is 0. The third kappa shape index (κ3) is 4.13. The van der Waals surface area contributed by atoms with Crippen LogP contribution in [0.4, 0.5) is 0 Å². The van der Waals surface area contributed by atoms with E-state index >= 15 is 0 Å². The number of rotatable bonds is 4. The smallest absolute Gasteiger partial charge is 0.0907 e. The Morgan fingerprint density at radius 2 is 2.00 bits per heavy atom. The Kier molecular flexibility index (Phi) is 4.63. The van der Waals surface area contributed by atoms with E-state index in [2.05, 4.69) is 30.3 Å². The fourth-order valence-electron chi connectivity index (χ4n) is 0.567. The highest BCUT2D eigenvalue weighted by atomic mass is 15.1. The zero-order valence-electron chi connectivity index (χ0n) is 7.09. The first-order valence-corrected chi connectivity index (χ1v) is 3.64. The molecule has 0 aliphatic rings. The van der Waals surface area contributed by atoms with Gasteiger partial charge in [-0.15, -0.1) is 0 Å². The van der Waals surface area contributed by atoms with E-state index in [0.29, 0.717) is 0 Å². The van der Waals surface area contributed by atoms with Gasteiger partial charge in [0.2, 0.25) is 0 Å². The monoisotopic (exact) mass is 140 g/mol. The van der Waals surface area contributed by atoms with Crippen molar-refractivity contribution in [2.75, 3.05) is 13.1 Å². The SMILES string of the molecule is C=C(C)N=CN(CC)CC. The Bertz CT molecular complexity index is 123. The van der Waals surface area contributed by atoms with Gasteiger partial charge in [0.25, 0.3) is 0 Å². The van der Waals surface area contributed by atoms with Crippen molar-refractivity contribution in [3.8, 4) is 0 Å². The van der Waals surface area contributed by atoms with Crippen molar-refractivity contribution in [3.05, 3.63) is 12.3 Å². The number of nitrogens with zero attached hydrogens (tertiary/aromatic N) is 2. The predicted molar refractivity (Wildman–Crippen MR) is 46.2 cm³/mol. The van der Waals surface area contributed by atoms with E-state index in [0.717, 1.165) is 18.8 Å². The largest absolute Gasteiger partial charge is 0.363 e. The molecule has 0 aliphatic carbocycles. The summed E-state index contributed by atoms with van der Waals surface area (Å²) in [7, 11) is 0. The summed E-state index contributed by atoms with van der Waals surface area (Å²) in [5.41, 5.74) is 0.854. The maximum Gasteiger partial charge on any atom is 0.0907 e. The van der Waals surface area contributed by atoms with Crippen LogP contribution >= 0.6 is 0 Å². The number of aliphatic imine (C=N–C) groups is 1. The van der Waals surface area contributed by atoms with Crippen LogP contribution in [-0.4, -0.2) is 24.3 Å². The van der Waals surface area contributed by atoms with Gasteiger partial charge in [-0.3, -0.25) is 0 Å². The molecule has 10 heavy (non-hydrogen) atoms. The minimum Gasteiger partial charge on any atom is -0.363 e. The van der Waals surface area contributed by atoms with Crippen molar-refractivity contribution >= 4 is 6.34 Å². The van der Waals surface area contributed by atoms with Crippen LogP contribution in [0.3, 0.4) is 0 Å². The third-order valence-electron chi connectivity index (χ3n) is 1.25. The molecule has 0 aromatic carbocycles. The molecule has 0 rings (SSSR count). The summed E-state index contributed by atoms with van der Waals surface area (Å²) >= 11 is 0. The Labute approximate surface area is 63.3 Å². The van der Waals surface area contributed by atoms with Gasteiger partial charge in [0.1, 0.15) is 0 Å². The standard InChI is InChI=1S/C8H16N2/c1-5-10(6-2)7-9-8(3)4/h7H,3,5-6H2,1-2,4H3. The van der Waals surface area contributed by atoms with Gasteiger partial charge in [-0.05, 0) is 20.8 Å². The molecule has 0 aliphatic heterocycles. The summed E-state index contributed by atoms with van der Waals surface area (Å²) in [6.45, 7) is 11.8. The first-order valence-electron chi connectivity index (χ1n) is 3.64. The third-order valence-corrected chi connectivity index (χ3v) is 1.25. The van der Waals surface area contributed by atoms with E-state index < -0.39 is 0 Å². The van der Waals surface area contributed by atoms with E-state index in [1.165, 1.54) is 0 Å². The molecule has 2 nitrogen and oxygen atoms in total. The molecule has 0 atom stereocenters. The molecule has 0 N–H and O–H groups in total. The molecule has 0 radical (unpaired) electrons. The Hall–Kier alpha value is -0.790. The fourth-order valence-corrected chi connectivity index (χ4v) is 0.567. The fraction of sp³-hybridized carbons (Fsp3) is 0.625. The summed E-state index contributed by atoms with van der Waals surface area (Å²) in [4.78, 5) is 6.19. The molecule has 58 valence electrons. The normalized spacial score (nSPS) is 10.3. The zero-order chi connectivity index (χ0) is 7.98. The average Bonchev–Trinajstić information content (AvgIpc) is 1.90. The molecule has 0 unspecified atom stereocenters. The van der Waals surface area contributed by atoms with Gasteiger partial charge in [0.15, 0.2) is 0 Å². The second kappa shape index (κ2) is 5.03. The lowest BCUT2D eigenvalue weighted by Gasteiger charge is -2.12. The Morgan fingerprint density at radius 1 is 1.50 bits per heavy atom. The van der Waals surface area contributed by atoms with E-state index in [1.54, 1.807) is 0 Å². The molecule has 0 fully saturated rings. The van der Waals surface area contributed by atoms with Gasteiger partial charge < -0.3 is 4.90 Å². The highest BCUT2D eigenvalue weighted by molar-refractivity contribution is 5.56. The van der Waals surface area contributed by atoms with Crippen molar-refractivity contribution in [1.29, 1.82) is 0 Å². The summed E-state index contributed by atoms with van der Waals surface area (Å²) in [6.07, 6.45) is 1.84. The Balaban J connectivity index is 3.72. The Morgan fingerprint density at radius 3 is 2.30 bits per heavy atom. The molecule has 0 aromatic heterocycles. The van der Waals surface area contributed by atoms with Crippen LogP contribution < -0.4 is 0 Å². The van der Waals surface area contributed by atoms with Crippen LogP contribution in [0, 0.1) is 0 Å². The van der Waals surface area contributed by atoms with Crippen molar-refractivity contribution in [2.45, 2.75) is 20.8 Å². The molecule has 2 heteroatoms. The van der Waals surface area contributed by atoms with E-state index in [4.69, 9.17) is 0 Å². The second-order valence-electron chi connectivity index (χ2n) is 2.20. The van der Waals surface area contributed by atoms with Gasteiger partial charge in [0, 0.05) is 18.8 Å². The van der Waals surface area contributed by atoms with Crippen LogP contribution in [0.1, 0.15) is 20.8 Å². The molecule has 0 saturated carbocycles. The van der Waals surface area contributed by atoms with Crippen molar-refractivity contribution < 1.29 is 0 Å². The highest BCUT2D eigenvalue weighted by Gasteiger charge is 1.88. The van der Waals surface area contributed by atoms with Crippen LogP contribution in [0.25, 0.3) is 0 Å². The van der Waals surface area contributed by atoms with E-state index in [1.807, 2.05) is 13.3 Å². The average molecular weight is 140 g/mol.